The van der Waals surface area contributed by atoms with Crippen LogP contribution in [0.3, 0.4) is 0 Å². The summed E-state index contributed by atoms with van der Waals surface area (Å²) < 4.78 is 1.78. The summed E-state index contributed by atoms with van der Waals surface area (Å²) in [5.41, 5.74) is 0.941. The highest BCUT2D eigenvalue weighted by atomic mass is 16.4. The second kappa shape index (κ2) is 2.87. The predicted octanol–water partition coefficient (Wildman–Crippen LogP) is 1.23. The number of carbonyl (C=O) groups is 1. The van der Waals surface area contributed by atoms with Gasteiger partial charge < -0.3 is 5.11 Å². The minimum absolute atomic E-state index is 0.0752. The van der Waals surface area contributed by atoms with E-state index in [9.17, 15) is 4.79 Å². The minimum Gasteiger partial charge on any atom is -0.481 e. The smallest absolute Gasteiger partial charge is 0.308 e. The lowest BCUT2D eigenvalue weighted by atomic mass is 9.80. The van der Waals surface area contributed by atoms with Crippen LogP contribution >= 0.6 is 0 Å². The third-order valence-corrected chi connectivity index (χ3v) is 2.64. The molecule has 1 aromatic heterocycles. The van der Waals surface area contributed by atoms with Crippen LogP contribution in [-0.4, -0.2) is 20.9 Å². The lowest BCUT2D eigenvalue weighted by Crippen LogP contribution is -2.35. The van der Waals surface area contributed by atoms with Crippen LogP contribution in [0.5, 0.6) is 0 Å². The molecule has 0 bridgehead atoms. The van der Waals surface area contributed by atoms with E-state index >= 15 is 0 Å². The Morgan fingerprint density at radius 1 is 1.69 bits per heavy atom. The number of aliphatic carboxylic acids is 1. The molecular formula is C9H12N2O2. The zero-order valence-electron chi connectivity index (χ0n) is 7.47. The van der Waals surface area contributed by atoms with E-state index < -0.39 is 5.97 Å². The summed E-state index contributed by atoms with van der Waals surface area (Å²) in [6.07, 6.45) is 3.56. The predicted molar refractivity (Wildman–Crippen MR) is 46.4 cm³/mol. The SMILES string of the molecule is Cc1ccn(C2CCC2C(=O)O)n1. The zero-order valence-corrected chi connectivity index (χ0v) is 7.47. The Balaban J connectivity index is 2.14. The van der Waals surface area contributed by atoms with Crippen molar-refractivity contribution in [2.24, 2.45) is 5.92 Å². The monoisotopic (exact) mass is 180 g/mol. The van der Waals surface area contributed by atoms with Gasteiger partial charge in [0.2, 0.25) is 0 Å². The van der Waals surface area contributed by atoms with Crippen LogP contribution in [0.25, 0.3) is 0 Å². The first-order valence-electron chi connectivity index (χ1n) is 4.43. The summed E-state index contributed by atoms with van der Waals surface area (Å²) in [5, 5.41) is 13.0. The molecule has 0 aliphatic heterocycles. The van der Waals surface area contributed by atoms with Gasteiger partial charge in [-0.2, -0.15) is 5.10 Å². The fourth-order valence-corrected chi connectivity index (χ4v) is 1.70. The van der Waals surface area contributed by atoms with Gasteiger partial charge in [-0.25, -0.2) is 0 Å². The lowest BCUT2D eigenvalue weighted by Gasteiger charge is -2.33. The summed E-state index contributed by atoms with van der Waals surface area (Å²) in [5.74, 6) is -0.941. The molecule has 1 aromatic rings. The van der Waals surface area contributed by atoms with Crippen molar-refractivity contribution in [2.45, 2.75) is 25.8 Å². The third kappa shape index (κ3) is 1.32. The Morgan fingerprint density at radius 2 is 2.46 bits per heavy atom. The number of hydrogen-bond acceptors (Lipinski definition) is 2. The second-order valence-electron chi connectivity index (χ2n) is 3.53. The van der Waals surface area contributed by atoms with E-state index in [4.69, 9.17) is 5.11 Å². The van der Waals surface area contributed by atoms with Crippen molar-refractivity contribution >= 4 is 5.97 Å². The van der Waals surface area contributed by atoms with Gasteiger partial charge in [0, 0.05) is 6.20 Å². The van der Waals surface area contributed by atoms with Gasteiger partial charge in [-0.3, -0.25) is 9.48 Å². The molecule has 0 amide bonds. The Labute approximate surface area is 76.2 Å². The minimum atomic E-state index is -0.704. The van der Waals surface area contributed by atoms with Crippen LogP contribution < -0.4 is 0 Å². The molecule has 2 atom stereocenters. The number of nitrogens with zero attached hydrogens (tertiary/aromatic N) is 2. The van der Waals surface area contributed by atoms with Gasteiger partial charge in [0.1, 0.15) is 0 Å². The lowest BCUT2D eigenvalue weighted by molar-refractivity contribution is -0.147. The van der Waals surface area contributed by atoms with Crippen LogP contribution in [-0.2, 0) is 4.79 Å². The summed E-state index contributed by atoms with van der Waals surface area (Å²) in [6, 6.07) is 1.98. The summed E-state index contributed by atoms with van der Waals surface area (Å²) in [7, 11) is 0. The van der Waals surface area contributed by atoms with Crippen molar-refractivity contribution in [1.29, 1.82) is 0 Å². The van der Waals surface area contributed by atoms with Crippen molar-refractivity contribution in [3.05, 3.63) is 18.0 Å². The molecule has 1 aliphatic carbocycles. The van der Waals surface area contributed by atoms with Crippen molar-refractivity contribution in [2.75, 3.05) is 0 Å². The van der Waals surface area contributed by atoms with Crippen molar-refractivity contribution in [1.82, 2.24) is 9.78 Å². The third-order valence-electron chi connectivity index (χ3n) is 2.64. The fraction of sp³-hybridized carbons (Fsp3) is 0.556. The molecule has 1 aliphatic rings. The van der Waals surface area contributed by atoms with Gasteiger partial charge in [0.15, 0.2) is 0 Å². The summed E-state index contributed by atoms with van der Waals surface area (Å²) in [4.78, 5) is 10.7. The number of hydrogen-bond donors (Lipinski definition) is 1. The molecule has 4 heteroatoms. The quantitative estimate of drug-likeness (QED) is 0.744. The first-order chi connectivity index (χ1) is 6.18. The number of aromatic nitrogens is 2. The number of rotatable bonds is 2. The Bertz CT molecular complexity index is 332. The van der Waals surface area contributed by atoms with Crippen LogP contribution in [0.1, 0.15) is 24.6 Å². The highest BCUT2D eigenvalue weighted by Gasteiger charge is 2.38. The topological polar surface area (TPSA) is 55.1 Å². The summed E-state index contributed by atoms with van der Waals surface area (Å²) >= 11 is 0. The van der Waals surface area contributed by atoms with E-state index in [0.29, 0.717) is 0 Å². The molecule has 0 spiro atoms. The van der Waals surface area contributed by atoms with E-state index in [-0.39, 0.29) is 12.0 Å². The van der Waals surface area contributed by atoms with E-state index in [1.165, 1.54) is 0 Å². The molecule has 1 fully saturated rings. The maximum atomic E-state index is 10.7. The Hall–Kier alpha value is -1.32. The normalized spacial score (nSPS) is 26.8. The first-order valence-corrected chi connectivity index (χ1v) is 4.43. The maximum absolute atomic E-state index is 10.7. The van der Waals surface area contributed by atoms with Crippen LogP contribution in [0.15, 0.2) is 12.3 Å². The fourth-order valence-electron chi connectivity index (χ4n) is 1.70. The molecule has 2 unspecified atom stereocenters. The molecule has 0 aromatic carbocycles. The standard InChI is InChI=1S/C9H12N2O2/c1-6-4-5-11(10-6)8-3-2-7(8)9(12)13/h4-5,7-8H,2-3H2,1H3,(H,12,13). The number of carboxylic acid groups (broad SMARTS) is 1. The first kappa shape index (κ1) is 8.29. The highest BCUT2D eigenvalue weighted by molar-refractivity contribution is 5.71. The average Bonchev–Trinajstić information content (AvgIpc) is 2.32. The largest absolute Gasteiger partial charge is 0.481 e. The van der Waals surface area contributed by atoms with E-state index in [1.807, 2.05) is 19.2 Å². The molecule has 13 heavy (non-hydrogen) atoms. The molecular weight excluding hydrogens is 168 g/mol. The van der Waals surface area contributed by atoms with Gasteiger partial charge in [-0.1, -0.05) is 0 Å². The van der Waals surface area contributed by atoms with Crippen molar-refractivity contribution in [3.8, 4) is 0 Å². The van der Waals surface area contributed by atoms with Crippen molar-refractivity contribution in [3.63, 3.8) is 0 Å². The Morgan fingerprint density at radius 3 is 2.85 bits per heavy atom. The Kier molecular flexibility index (Phi) is 1.83. The average molecular weight is 180 g/mol. The molecule has 70 valence electrons. The van der Waals surface area contributed by atoms with E-state index in [2.05, 4.69) is 5.10 Å². The van der Waals surface area contributed by atoms with Gasteiger partial charge in [0.05, 0.1) is 17.7 Å². The molecule has 2 rings (SSSR count). The van der Waals surface area contributed by atoms with Crippen LogP contribution in [0, 0.1) is 12.8 Å². The molecule has 1 N–H and O–H groups in total. The van der Waals surface area contributed by atoms with Gasteiger partial charge in [-0.15, -0.1) is 0 Å². The van der Waals surface area contributed by atoms with Crippen LogP contribution in [0.4, 0.5) is 0 Å². The molecule has 0 saturated heterocycles. The molecule has 1 heterocycles. The number of carboxylic acids is 1. The molecule has 1 saturated carbocycles. The molecule has 4 nitrogen and oxygen atoms in total. The molecule has 0 radical (unpaired) electrons. The van der Waals surface area contributed by atoms with Gasteiger partial charge in [0.25, 0.3) is 0 Å². The number of aryl methyl sites for hydroxylation is 1. The van der Waals surface area contributed by atoms with E-state index in [1.54, 1.807) is 4.68 Å². The maximum Gasteiger partial charge on any atom is 0.308 e. The van der Waals surface area contributed by atoms with Crippen molar-refractivity contribution < 1.29 is 9.90 Å². The van der Waals surface area contributed by atoms with Gasteiger partial charge in [-0.05, 0) is 25.8 Å². The second-order valence-corrected chi connectivity index (χ2v) is 3.53. The van der Waals surface area contributed by atoms with E-state index in [0.717, 1.165) is 18.5 Å². The zero-order chi connectivity index (χ0) is 9.42. The van der Waals surface area contributed by atoms with Crippen LogP contribution in [0.2, 0.25) is 0 Å². The highest BCUT2D eigenvalue weighted by Crippen LogP contribution is 2.38. The van der Waals surface area contributed by atoms with Gasteiger partial charge >= 0.3 is 5.97 Å². The summed E-state index contributed by atoms with van der Waals surface area (Å²) in [6.45, 7) is 1.91.